The number of H-pyrrole nitrogens is 1. The minimum Gasteiger partial charge on any atom is -0.497 e. The Morgan fingerprint density at radius 2 is 1.79 bits per heavy atom. The van der Waals surface area contributed by atoms with Crippen molar-refractivity contribution in [3.63, 3.8) is 0 Å². The van der Waals surface area contributed by atoms with Crippen LogP contribution in [-0.2, 0) is 5.75 Å². The average molecular weight is 394 g/mol. The van der Waals surface area contributed by atoms with Gasteiger partial charge < -0.3 is 14.5 Å². The monoisotopic (exact) mass is 394 g/mol. The number of fused-ring (bicyclic) bond motifs is 1. The molecule has 4 rings (SSSR count). The molecule has 0 bridgehead atoms. The van der Waals surface area contributed by atoms with Gasteiger partial charge >= 0.3 is 0 Å². The van der Waals surface area contributed by atoms with E-state index in [1.165, 1.54) is 18.0 Å². The van der Waals surface area contributed by atoms with Gasteiger partial charge in [0.05, 0.1) is 26.1 Å². The summed E-state index contributed by atoms with van der Waals surface area (Å²) < 4.78 is 12.3. The summed E-state index contributed by atoms with van der Waals surface area (Å²) in [6, 6.07) is 15.3. The van der Waals surface area contributed by atoms with Crippen LogP contribution in [0, 0.1) is 0 Å². The number of hydrogen-bond acceptors (Lipinski definition) is 6. The zero-order chi connectivity index (χ0) is 19.5. The lowest BCUT2D eigenvalue weighted by Gasteiger charge is -2.08. The van der Waals surface area contributed by atoms with Gasteiger partial charge in [-0.1, -0.05) is 30.0 Å². The third kappa shape index (κ3) is 3.59. The first-order valence-electron chi connectivity index (χ1n) is 8.56. The summed E-state index contributed by atoms with van der Waals surface area (Å²) >= 11 is 1.43. The first kappa shape index (κ1) is 18.1. The summed E-state index contributed by atoms with van der Waals surface area (Å²) in [6.07, 6.45) is 1.54. The number of ether oxygens (including phenoxy) is 2. The number of benzene rings is 2. The lowest BCUT2D eigenvalue weighted by Crippen LogP contribution is -2.09. The van der Waals surface area contributed by atoms with E-state index in [0.717, 1.165) is 11.3 Å². The highest BCUT2D eigenvalue weighted by atomic mass is 32.2. The number of aromatic amines is 1. The number of aromatic nitrogens is 4. The van der Waals surface area contributed by atoms with Crippen LogP contribution in [0.15, 0.2) is 64.7 Å². The number of thioether (sulfide) groups is 1. The Morgan fingerprint density at radius 3 is 2.46 bits per heavy atom. The molecule has 0 aliphatic heterocycles. The standard InChI is InChI=1S/C20H18N4O3S/c1-26-15-8-13(9-16(10-15)27-2)12-28-20-22-18-17(19(25)23-20)11-21-24(18)14-6-4-3-5-7-14/h3-11H,12H2,1-2H3,(H,22,23,25). The van der Waals surface area contributed by atoms with Gasteiger partial charge in [-0.15, -0.1) is 0 Å². The molecule has 28 heavy (non-hydrogen) atoms. The number of para-hydroxylation sites is 1. The van der Waals surface area contributed by atoms with Crippen molar-refractivity contribution in [3.8, 4) is 17.2 Å². The molecule has 0 spiro atoms. The molecular formula is C20H18N4O3S. The van der Waals surface area contributed by atoms with Crippen LogP contribution in [0.4, 0.5) is 0 Å². The van der Waals surface area contributed by atoms with Crippen molar-refractivity contribution in [2.24, 2.45) is 0 Å². The third-order valence-corrected chi connectivity index (χ3v) is 5.15. The molecule has 0 saturated heterocycles. The largest absolute Gasteiger partial charge is 0.497 e. The minimum absolute atomic E-state index is 0.210. The smallest absolute Gasteiger partial charge is 0.262 e. The molecule has 2 aromatic heterocycles. The maximum absolute atomic E-state index is 12.5. The highest BCUT2D eigenvalue weighted by Crippen LogP contribution is 2.27. The predicted molar refractivity (Wildman–Crippen MR) is 109 cm³/mol. The van der Waals surface area contributed by atoms with Crippen LogP contribution in [0.3, 0.4) is 0 Å². The molecule has 0 aliphatic carbocycles. The van der Waals surface area contributed by atoms with Crippen LogP contribution in [0.2, 0.25) is 0 Å². The topological polar surface area (TPSA) is 82.0 Å². The van der Waals surface area contributed by atoms with Crippen LogP contribution in [0.1, 0.15) is 5.56 Å². The number of nitrogens with zero attached hydrogens (tertiary/aromatic N) is 3. The second-order valence-electron chi connectivity index (χ2n) is 6.01. The Bertz CT molecular complexity index is 1150. The van der Waals surface area contributed by atoms with E-state index in [4.69, 9.17) is 9.47 Å². The Hall–Kier alpha value is -3.26. The summed E-state index contributed by atoms with van der Waals surface area (Å²) in [7, 11) is 3.23. The zero-order valence-electron chi connectivity index (χ0n) is 15.4. The molecule has 0 unspecified atom stereocenters. The quantitative estimate of drug-likeness (QED) is 0.399. The molecule has 0 amide bonds. The first-order chi connectivity index (χ1) is 13.7. The van der Waals surface area contributed by atoms with E-state index in [1.54, 1.807) is 18.9 Å². The number of nitrogens with one attached hydrogen (secondary N) is 1. The van der Waals surface area contributed by atoms with Gasteiger partial charge in [0.1, 0.15) is 16.9 Å². The molecule has 0 fully saturated rings. The fraction of sp³-hybridized carbons (Fsp3) is 0.150. The van der Waals surface area contributed by atoms with Crippen molar-refractivity contribution in [1.29, 1.82) is 0 Å². The molecule has 4 aromatic rings. The van der Waals surface area contributed by atoms with Crippen LogP contribution in [0.5, 0.6) is 11.5 Å². The Kier molecular flexibility index (Phi) is 5.03. The van der Waals surface area contributed by atoms with Crippen molar-refractivity contribution in [2.45, 2.75) is 10.9 Å². The molecule has 1 N–H and O–H groups in total. The fourth-order valence-corrected chi connectivity index (χ4v) is 3.61. The normalized spacial score (nSPS) is 10.9. The van der Waals surface area contributed by atoms with E-state index in [-0.39, 0.29) is 5.56 Å². The van der Waals surface area contributed by atoms with Crippen LogP contribution >= 0.6 is 11.8 Å². The molecule has 0 atom stereocenters. The maximum atomic E-state index is 12.5. The van der Waals surface area contributed by atoms with Gasteiger partial charge in [0.2, 0.25) is 0 Å². The summed E-state index contributed by atoms with van der Waals surface area (Å²) in [5, 5.41) is 5.30. The van der Waals surface area contributed by atoms with E-state index in [1.807, 2.05) is 48.5 Å². The van der Waals surface area contributed by atoms with Crippen molar-refractivity contribution < 1.29 is 9.47 Å². The third-order valence-electron chi connectivity index (χ3n) is 4.20. The van der Waals surface area contributed by atoms with Gasteiger partial charge in [-0.2, -0.15) is 5.10 Å². The van der Waals surface area contributed by atoms with E-state index in [2.05, 4.69) is 15.1 Å². The van der Waals surface area contributed by atoms with Crippen molar-refractivity contribution in [3.05, 3.63) is 70.6 Å². The maximum Gasteiger partial charge on any atom is 0.262 e. The summed E-state index contributed by atoms with van der Waals surface area (Å²) in [5.74, 6) is 2.03. The molecule has 7 nitrogen and oxygen atoms in total. The van der Waals surface area contributed by atoms with Crippen molar-refractivity contribution in [1.82, 2.24) is 19.7 Å². The molecule has 0 aliphatic rings. The first-order valence-corrected chi connectivity index (χ1v) is 9.54. The van der Waals surface area contributed by atoms with Crippen LogP contribution < -0.4 is 15.0 Å². The van der Waals surface area contributed by atoms with Crippen molar-refractivity contribution >= 4 is 22.8 Å². The number of hydrogen-bond donors (Lipinski definition) is 1. The van der Waals surface area contributed by atoms with E-state index in [9.17, 15) is 4.79 Å². The van der Waals surface area contributed by atoms with Crippen molar-refractivity contribution in [2.75, 3.05) is 14.2 Å². The lowest BCUT2D eigenvalue weighted by atomic mass is 10.2. The summed E-state index contributed by atoms with van der Waals surface area (Å²) in [4.78, 5) is 19.9. The lowest BCUT2D eigenvalue weighted by molar-refractivity contribution is 0.393. The van der Waals surface area contributed by atoms with E-state index in [0.29, 0.717) is 33.4 Å². The average Bonchev–Trinajstić information content (AvgIpc) is 3.17. The molecule has 0 radical (unpaired) electrons. The SMILES string of the molecule is COc1cc(CSc2nc3c(cnn3-c3ccccc3)c(=O)[nH]2)cc(OC)c1. The second-order valence-corrected chi connectivity index (χ2v) is 6.97. The van der Waals surface area contributed by atoms with Crippen LogP contribution in [-0.4, -0.2) is 34.0 Å². The molecule has 0 saturated carbocycles. The highest BCUT2D eigenvalue weighted by Gasteiger charge is 2.12. The van der Waals surface area contributed by atoms with Gasteiger partial charge in [0.25, 0.3) is 5.56 Å². The van der Waals surface area contributed by atoms with Crippen LogP contribution in [0.25, 0.3) is 16.7 Å². The molecule has 142 valence electrons. The van der Waals surface area contributed by atoms with Gasteiger partial charge in [-0.25, -0.2) is 9.67 Å². The Balaban J connectivity index is 1.66. The zero-order valence-corrected chi connectivity index (χ0v) is 16.2. The van der Waals surface area contributed by atoms with Gasteiger partial charge in [0.15, 0.2) is 10.8 Å². The molecule has 2 aromatic carbocycles. The highest BCUT2D eigenvalue weighted by molar-refractivity contribution is 7.98. The number of methoxy groups -OCH3 is 2. The van der Waals surface area contributed by atoms with Gasteiger partial charge in [-0.3, -0.25) is 4.79 Å². The Morgan fingerprint density at radius 1 is 1.07 bits per heavy atom. The minimum atomic E-state index is -0.210. The fourth-order valence-electron chi connectivity index (χ4n) is 2.83. The number of rotatable bonds is 6. The molecule has 8 heteroatoms. The van der Waals surface area contributed by atoms with E-state index < -0.39 is 0 Å². The Labute approximate surface area is 165 Å². The summed E-state index contributed by atoms with van der Waals surface area (Å²) in [6.45, 7) is 0. The van der Waals surface area contributed by atoms with Gasteiger partial charge in [0, 0.05) is 11.8 Å². The second kappa shape index (κ2) is 7.77. The molecular weight excluding hydrogens is 376 g/mol. The van der Waals surface area contributed by atoms with Gasteiger partial charge in [-0.05, 0) is 29.8 Å². The predicted octanol–water partition coefficient (Wildman–Crippen LogP) is 3.42. The van der Waals surface area contributed by atoms with E-state index >= 15 is 0 Å². The molecule has 2 heterocycles. The summed E-state index contributed by atoms with van der Waals surface area (Å²) in [5.41, 5.74) is 2.17.